The van der Waals surface area contributed by atoms with Crippen LogP contribution in [0.25, 0.3) is 0 Å². The Morgan fingerprint density at radius 2 is 0.805 bits per heavy atom. The Morgan fingerprint density at radius 1 is 0.488 bits per heavy atom. The number of ether oxygens (including phenoxy) is 2. The molecule has 1 saturated heterocycles. The number of hydrogen-bond donors (Lipinski definition) is 2. The molecule has 41 heavy (non-hydrogen) atoms. The molecule has 5 aromatic rings. The first kappa shape index (κ1) is 27.6. The molecule has 5 heteroatoms. The molecule has 1 heterocycles. The molecular weight excluding hydrogens is 576 g/mol. The largest absolute Gasteiger partial charge is 0.378 e. The highest BCUT2D eigenvalue weighted by Gasteiger charge is 2.59. The molecule has 0 aliphatic carbocycles. The Kier molecular flexibility index (Phi) is 7.89. The van der Waals surface area contributed by atoms with Crippen LogP contribution in [0.5, 0.6) is 0 Å². The van der Waals surface area contributed by atoms with E-state index in [0.29, 0.717) is 22.3 Å². The van der Waals surface area contributed by atoms with Crippen LogP contribution in [-0.4, -0.2) is 22.4 Å². The van der Waals surface area contributed by atoms with Crippen LogP contribution in [0.2, 0.25) is 0 Å². The zero-order chi connectivity index (χ0) is 28.3. The fourth-order valence-electron chi connectivity index (χ4n) is 5.76. The zero-order valence-electron chi connectivity index (χ0n) is 22.4. The van der Waals surface area contributed by atoms with Crippen LogP contribution in [-0.2, 0) is 26.0 Å². The molecule has 0 saturated carbocycles. The summed E-state index contributed by atoms with van der Waals surface area (Å²) >= 11 is 3.51. The highest BCUT2D eigenvalue weighted by Crippen LogP contribution is 2.50. The summed E-state index contributed by atoms with van der Waals surface area (Å²) in [5.41, 5.74) is 1.17. The molecule has 206 valence electrons. The van der Waals surface area contributed by atoms with E-state index in [1.54, 1.807) is 0 Å². The van der Waals surface area contributed by atoms with Crippen molar-refractivity contribution in [1.29, 1.82) is 0 Å². The number of aliphatic hydroxyl groups is 2. The summed E-state index contributed by atoms with van der Waals surface area (Å²) in [7, 11) is 0. The topological polar surface area (TPSA) is 58.9 Å². The third-order valence-corrected chi connectivity index (χ3v) is 8.55. The SMILES string of the molecule is OC(c1ccccc1)(c1ccccc1)[C@@H]1OC(c2ccc(CBr)cc2)O[C@H]1C(O)(c1ccccc1)c1ccccc1. The molecule has 1 fully saturated rings. The molecule has 6 rings (SSSR count). The van der Waals surface area contributed by atoms with E-state index < -0.39 is 29.7 Å². The normalized spacial score (nSPS) is 17.9. The summed E-state index contributed by atoms with van der Waals surface area (Å²) in [6.07, 6.45) is -2.83. The number of hydrogen-bond acceptors (Lipinski definition) is 4. The molecule has 2 atom stereocenters. The minimum absolute atomic E-state index is 0.642. The zero-order valence-corrected chi connectivity index (χ0v) is 24.0. The van der Waals surface area contributed by atoms with Gasteiger partial charge in [-0.05, 0) is 27.8 Å². The van der Waals surface area contributed by atoms with Crippen LogP contribution < -0.4 is 0 Å². The summed E-state index contributed by atoms with van der Waals surface area (Å²) in [4.78, 5) is 0. The van der Waals surface area contributed by atoms with Crippen LogP contribution in [0, 0.1) is 0 Å². The van der Waals surface area contributed by atoms with Gasteiger partial charge in [0.1, 0.15) is 23.4 Å². The van der Waals surface area contributed by atoms with Crippen LogP contribution >= 0.6 is 15.9 Å². The van der Waals surface area contributed by atoms with Crippen molar-refractivity contribution in [3.8, 4) is 0 Å². The van der Waals surface area contributed by atoms with Gasteiger partial charge in [-0.15, -0.1) is 0 Å². The summed E-state index contributed by atoms with van der Waals surface area (Å²) in [5.74, 6) is 0. The van der Waals surface area contributed by atoms with Crippen LogP contribution in [0.4, 0.5) is 0 Å². The highest BCUT2D eigenvalue weighted by molar-refractivity contribution is 9.08. The monoisotopic (exact) mass is 606 g/mol. The van der Waals surface area contributed by atoms with E-state index >= 15 is 0 Å². The number of benzene rings is 5. The van der Waals surface area contributed by atoms with Gasteiger partial charge in [0.15, 0.2) is 6.29 Å². The second-order valence-electron chi connectivity index (χ2n) is 10.3. The Balaban J connectivity index is 1.58. The van der Waals surface area contributed by atoms with Gasteiger partial charge in [0.2, 0.25) is 0 Å². The molecule has 4 nitrogen and oxygen atoms in total. The van der Waals surface area contributed by atoms with Crippen molar-refractivity contribution in [2.45, 2.75) is 35.0 Å². The van der Waals surface area contributed by atoms with Crippen LogP contribution in [0.3, 0.4) is 0 Å². The lowest BCUT2D eigenvalue weighted by molar-refractivity contribution is -0.110. The predicted molar refractivity (Wildman–Crippen MR) is 163 cm³/mol. The molecule has 1 aliphatic heterocycles. The lowest BCUT2D eigenvalue weighted by Gasteiger charge is -2.42. The van der Waals surface area contributed by atoms with Crippen molar-refractivity contribution in [3.05, 3.63) is 179 Å². The first-order chi connectivity index (χ1) is 20.0. The smallest absolute Gasteiger partial charge is 0.185 e. The summed E-state index contributed by atoms with van der Waals surface area (Å²) in [6, 6.07) is 45.8. The Labute approximate surface area is 249 Å². The van der Waals surface area contributed by atoms with Gasteiger partial charge >= 0.3 is 0 Å². The average Bonchev–Trinajstić information content (AvgIpc) is 3.52. The molecular formula is C36H31BrO4. The third kappa shape index (κ3) is 5.05. The van der Waals surface area contributed by atoms with Gasteiger partial charge in [-0.1, -0.05) is 162 Å². The predicted octanol–water partition coefficient (Wildman–Crippen LogP) is 7.24. The minimum Gasteiger partial charge on any atom is -0.378 e. The van der Waals surface area contributed by atoms with Crippen molar-refractivity contribution >= 4 is 15.9 Å². The molecule has 0 spiro atoms. The lowest BCUT2D eigenvalue weighted by Crippen LogP contribution is -2.54. The van der Waals surface area contributed by atoms with E-state index in [1.807, 2.05) is 146 Å². The maximum Gasteiger partial charge on any atom is 0.185 e. The molecule has 0 bridgehead atoms. The summed E-state index contributed by atoms with van der Waals surface area (Å²) < 4.78 is 13.5. The molecule has 0 radical (unpaired) electrons. The Bertz CT molecular complexity index is 1370. The van der Waals surface area contributed by atoms with Crippen molar-refractivity contribution in [1.82, 2.24) is 0 Å². The third-order valence-electron chi connectivity index (χ3n) is 7.90. The van der Waals surface area contributed by atoms with E-state index in [4.69, 9.17) is 9.47 Å². The number of alkyl halides is 1. The lowest BCUT2D eigenvalue weighted by atomic mass is 9.72. The molecule has 0 aromatic heterocycles. The van der Waals surface area contributed by atoms with Gasteiger partial charge in [-0.25, -0.2) is 0 Å². The van der Waals surface area contributed by atoms with Gasteiger partial charge in [-0.3, -0.25) is 0 Å². The fraction of sp³-hybridized carbons (Fsp3) is 0.167. The van der Waals surface area contributed by atoms with Crippen molar-refractivity contribution in [2.75, 3.05) is 0 Å². The van der Waals surface area contributed by atoms with Crippen LogP contribution in [0.1, 0.15) is 39.7 Å². The van der Waals surface area contributed by atoms with Gasteiger partial charge in [0.25, 0.3) is 0 Å². The van der Waals surface area contributed by atoms with E-state index in [9.17, 15) is 10.2 Å². The second-order valence-corrected chi connectivity index (χ2v) is 10.9. The standard InChI is InChI=1S/C36H31BrO4/c37-25-26-21-23-27(24-22-26)34-40-32(35(38,28-13-5-1-6-14-28)29-15-7-2-8-16-29)33(41-34)36(39,30-17-9-3-10-18-30)31-19-11-4-12-20-31/h1-24,32-34,38-39H,25H2/t32-,33-/m1/s1. The Morgan fingerprint density at radius 3 is 1.10 bits per heavy atom. The van der Waals surface area contributed by atoms with Gasteiger partial charge < -0.3 is 19.7 Å². The average molecular weight is 608 g/mol. The highest BCUT2D eigenvalue weighted by atomic mass is 79.9. The second kappa shape index (κ2) is 11.7. The van der Waals surface area contributed by atoms with E-state index in [0.717, 1.165) is 16.5 Å². The minimum atomic E-state index is -1.66. The number of halogens is 1. The summed E-state index contributed by atoms with van der Waals surface area (Å²) in [5, 5.41) is 26.5. The molecule has 5 aromatic carbocycles. The molecule has 1 aliphatic rings. The number of rotatable bonds is 8. The maximum absolute atomic E-state index is 12.9. The van der Waals surface area contributed by atoms with E-state index in [2.05, 4.69) is 15.9 Å². The first-order valence-electron chi connectivity index (χ1n) is 13.7. The Hall–Kier alpha value is -3.58. The van der Waals surface area contributed by atoms with E-state index in [1.165, 1.54) is 0 Å². The van der Waals surface area contributed by atoms with Crippen molar-refractivity contribution in [3.63, 3.8) is 0 Å². The van der Waals surface area contributed by atoms with Gasteiger partial charge in [0.05, 0.1) is 0 Å². The first-order valence-corrected chi connectivity index (χ1v) is 14.8. The molecule has 0 amide bonds. The summed E-state index contributed by atoms with van der Waals surface area (Å²) in [6.45, 7) is 0. The fourth-order valence-corrected chi connectivity index (χ4v) is 6.13. The van der Waals surface area contributed by atoms with Gasteiger partial charge in [0, 0.05) is 10.9 Å². The van der Waals surface area contributed by atoms with Crippen molar-refractivity contribution < 1.29 is 19.7 Å². The molecule has 0 unspecified atom stereocenters. The van der Waals surface area contributed by atoms with Gasteiger partial charge in [-0.2, -0.15) is 0 Å². The van der Waals surface area contributed by atoms with E-state index in [-0.39, 0.29) is 0 Å². The van der Waals surface area contributed by atoms with Crippen molar-refractivity contribution in [2.24, 2.45) is 0 Å². The van der Waals surface area contributed by atoms with Crippen LogP contribution in [0.15, 0.2) is 146 Å². The maximum atomic E-state index is 12.9. The molecule has 2 N–H and O–H groups in total. The quantitative estimate of drug-likeness (QED) is 0.183.